The van der Waals surface area contributed by atoms with Gasteiger partial charge >= 0.3 is 0 Å². The Balaban J connectivity index is 2.64. The zero-order valence-electron chi connectivity index (χ0n) is 6.36. The van der Waals surface area contributed by atoms with Gasteiger partial charge in [0.15, 0.2) is 5.82 Å². The van der Waals surface area contributed by atoms with Crippen molar-refractivity contribution in [2.45, 2.75) is 0 Å². The van der Waals surface area contributed by atoms with Crippen LogP contribution in [0.25, 0.3) is 10.8 Å². The second-order valence-corrected chi connectivity index (χ2v) is 2.84. The first-order chi connectivity index (χ1) is 5.95. The third-order valence-corrected chi connectivity index (χ3v) is 2.13. The van der Waals surface area contributed by atoms with E-state index in [1.807, 2.05) is 18.3 Å². The summed E-state index contributed by atoms with van der Waals surface area (Å²) in [7, 11) is 0. The van der Waals surface area contributed by atoms with Gasteiger partial charge < -0.3 is 0 Å². The number of hydrogen-bond acceptors (Lipinski definition) is 2. The molecule has 0 fully saturated rings. The van der Waals surface area contributed by atoms with Crippen LogP contribution >= 0.6 is 0 Å². The van der Waals surface area contributed by atoms with Crippen molar-refractivity contribution in [3.05, 3.63) is 36.0 Å². The number of benzene rings is 1. The van der Waals surface area contributed by atoms with Crippen LogP contribution in [-0.2, 0) is 0 Å². The van der Waals surface area contributed by atoms with Gasteiger partial charge in [0.25, 0.3) is 0 Å². The van der Waals surface area contributed by atoms with Crippen LogP contribution < -0.4 is 0 Å². The molecule has 56 valence electrons. The molecule has 0 bridgehead atoms. The quantitative estimate of drug-likeness (QED) is 0.487. The van der Waals surface area contributed by atoms with Crippen molar-refractivity contribution in [2.24, 2.45) is 4.99 Å². The highest BCUT2D eigenvalue weighted by Crippen LogP contribution is 2.29. The van der Waals surface area contributed by atoms with Gasteiger partial charge in [-0.2, -0.15) is 0 Å². The van der Waals surface area contributed by atoms with Crippen LogP contribution in [0.2, 0.25) is 0 Å². The molecule has 0 amide bonds. The molecule has 3 rings (SSSR count). The molecular formula is C10H6N2. The standard InChI is InChI=1S/C10H6N2/c1-2-7-4-5-11-10-9(7)8(3-1)6-12-10/h1-6H. The Bertz CT molecular complexity index is 445. The lowest BCUT2D eigenvalue weighted by molar-refractivity contribution is 1.32. The molecule has 1 aromatic carbocycles. The Kier molecular flexibility index (Phi) is 0.939. The van der Waals surface area contributed by atoms with Crippen molar-refractivity contribution in [3.8, 4) is 0 Å². The van der Waals surface area contributed by atoms with Crippen LogP contribution in [0.4, 0.5) is 5.82 Å². The molecule has 0 spiro atoms. The number of nitrogens with zero attached hydrogens (tertiary/aromatic N) is 2. The van der Waals surface area contributed by atoms with E-state index in [0.717, 1.165) is 5.82 Å². The van der Waals surface area contributed by atoms with E-state index in [0.29, 0.717) is 0 Å². The fourth-order valence-corrected chi connectivity index (χ4v) is 1.57. The first-order valence-corrected chi connectivity index (χ1v) is 3.87. The summed E-state index contributed by atoms with van der Waals surface area (Å²) < 4.78 is 0. The van der Waals surface area contributed by atoms with Crippen LogP contribution in [0.15, 0.2) is 35.5 Å². The summed E-state index contributed by atoms with van der Waals surface area (Å²) in [5, 5.41) is 2.40. The maximum Gasteiger partial charge on any atom is 0.160 e. The summed E-state index contributed by atoms with van der Waals surface area (Å²) in [5.74, 6) is 0.850. The predicted octanol–water partition coefficient (Wildman–Crippen LogP) is 2.30. The van der Waals surface area contributed by atoms with E-state index in [9.17, 15) is 0 Å². The first-order valence-electron chi connectivity index (χ1n) is 3.87. The minimum absolute atomic E-state index is 0.850. The van der Waals surface area contributed by atoms with Gasteiger partial charge in [0.05, 0.1) is 0 Å². The third kappa shape index (κ3) is 0.593. The largest absolute Gasteiger partial charge is 0.237 e. The number of aromatic nitrogens is 1. The molecular weight excluding hydrogens is 148 g/mol. The van der Waals surface area contributed by atoms with Gasteiger partial charge in [-0.25, -0.2) is 9.98 Å². The average Bonchev–Trinajstić information content (AvgIpc) is 2.52. The van der Waals surface area contributed by atoms with Crippen molar-refractivity contribution in [1.29, 1.82) is 0 Å². The van der Waals surface area contributed by atoms with E-state index in [-0.39, 0.29) is 0 Å². The van der Waals surface area contributed by atoms with Crippen LogP contribution in [0.1, 0.15) is 5.56 Å². The molecule has 0 saturated carbocycles. The molecule has 0 saturated heterocycles. The Labute approximate surface area is 69.6 Å². The van der Waals surface area contributed by atoms with Gasteiger partial charge in [-0.15, -0.1) is 0 Å². The second kappa shape index (κ2) is 1.91. The van der Waals surface area contributed by atoms with E-state index in [1.54, 1.807) is 6.20 Å². The molecule has 0 atom stereocenters. The molecule has 0 N–H and O–H groups in total. The Morgan fingerprint density at radius 2 is 2.08 bits per heavy atom. The molecule has 1 aliphatic heterocycles. The molecule has 2 heterocycles. The molecule has 0 radical (unpaired) electrons. The highest BCUT2D eigenvalue weighted by atomic mass is 14.9. The maximum absolute atomic E-state index is 4.21. The van der Waals surface area contributed by atoms with E-state index in [4.69, 9.17) is 0 Å². The van der Waals surface area contributed by atoms with Crippen molar-refractivity contribution in [2.75, 3.05) is 0 Å². The number of pyridine rings is 1. The fraction of sp³-hybridized carbons (Fsp3) is 0. The molecule has 1 aliphatic rings. The predicted molar refractivity (Wildman–Crippen MR) is 49.0 cm³/mol. The minimum Gasteiger partial charge on any atom is -0.237 e. The number of rotatable bonds is 0. The molecule has 0 unspecified atom stereocenters. The number of aliphatic imine (C=N–C) groups is 1. The van der Waals surface area contributed by atoms with Crippen LogP contribution in [0.5, 0.6) is 0 Å². The van der Waals surface area contributed by atoms with E-state index >= 15 is 0 Å². The lowest BCUT2D eigenvalue weighted by Gasteiger charge is -1.97. The summed E-state index contributed by atoms with van der Waals surface area (Å²) in [6.45, 7) is 0. The lowest BCUT2D eigenvalue weighted by atomic mass is 10.1. The van der Waals surface area contributed by atoms with Crippen molar-refractivity contribution in [1.82, 2.24) is 4.98 Å². The van der Waals surface area contributed by atoms with Gasteiger partial charge in [0.1, 0.15) is 0 Å². The van der Waals surface area contributed by atoms with Gasteiger partial charge in [0, 0.05) is 23.4 Å². The highest BCUT2D eigenvalue weighted by Gasteiger charge is 2.09. The Morgan fingerprint density at radius 3 is 3.08 bits per heavy atom. The summed E-state index contributed by atoms with van der Waals surface area (Å²) in [6, 6.07) is 8.19. The molecule has 1 aromatic heterocycles. The van der Waals surface area contributed by atoms with E-state index in [2.05, 4.69) is 22.1 Å². The van der Waals surface area contributed by atoms with Crippen molar-refractivity contribution in [3.63, 3.8) is 0 Å². The minimum atomic E-state index is 0.850. The van der Waals surface area contributed by atoms with Crippen molar-refractivity contribution >= 4 is 22.8 Å². The third-order valence-electron chi connectivity index (χ3n) is 2.13. The molecule has 2 aromatic rings. The van der Waals surface area contributed by atoms with E-state index < -0.39 is 0 Å². The van der Waals surface area contributed by atoms with Crippen LogP contribution in [0, 0.1) is 0 Å². The molecule has 12 heavy (non-hydrogen) atoms. The first kappa shape index (κ1) is 5.89. The van der Waals surface area contributed by atoms with Crippen LogP contribution in [-0.4, -0.2) is 11.2 Å². The second-order valence-electron chi connectivity index (χ2n) is 2.84. The summed E-state index contributed by atoms with van der Waals surface area (Å²) >= 11 is 0. The normalized spacial score (nSPS) is 12.7. The molecule has 2 nitrogen and oxygen atoms in total. The van der Waals surface area contributed by atoms with Gasteiger partial charge in [-0.05, 0) is 11.5 Å². The molecule has 2 heteroatoms. The summed E-state index contributed by atoms with van der Waals surface area (Å²) in [4.78, 5) is 8.39. The maximum atomic E-state index is 4.21. The van der Waals surface area contributed by atoms with Crippen LogP contribution in [0.3, 0.4) is 0 Å². The lowest BCUT2D eigenvalue weighted by Crippen LogP contribution is -1.78. The average molecular weight is 154 g/mol. The monoisotopic (exact) mass is 154 g/mol. The SMILES string of the molecule is C1=Nc2nccc3cccc1c23. The zero-order chi connectivity index (χ0) is 7.97. The Morgan fingerprint density at radius 1 is 1.08 bits per heavy atom. The smallest absolute Gasteiger partial charge is 0.160 e. The van der Waals surface area contributed by atoms with Gasteiger partial charge in [-0.3, -0.25) is 0 Å². The summed E-state index contributed by atoms with van der Waals surface area (Å²) in [6.07, 6.45) is 3.66. The van der Waals surface area contributed by atoms with Crippen molar-refractivity contribution < 1.29 is 0 Å². The molecule has 0 aliphatic carbocycles. The fourth-order valence-electron chi connectivity index (χ4n) is 1.57. The number of hydrogen-bond donors (Lipinski definition) is 0. The highest BCUT2D eigenvalue weighted by molar-refractivity contribution is 6.09. The topological polar surface area (TPSA) is 25.2 Å². The zero-order valence-corrected chi connectivity index (χ0v) is 6.36. The van der Waals surface area contributed by atoms with Gasteiger partial charge in [0.2, 0.25) is 0 Å². The Hall–Kier alpha value is -1.70. The van der Waals surface area contributed by atoms with E-state index in [1.165, 1.54) is 16.3 Å². The van der Waals surface area contributed by atoms with Gasteiger partial charge in [-0.1, -0.05) is 18.2 Å². The summed E-state index contributed by atoms with van der Waals surface area (Å²) in [5.41, 5.74) is 1.18.